The van der Waals surface area contributed by atoms with Crippen LogP contribution in [0.3, 0.4) is 0 Å². The number of phenolic OH excluding ortho intramolecular Hbond substituents is 1. The number of nitrogen functional groups attached to an aromatic ring is 1. The number of benzene rings is 2. The van der Waals surface area contributed by atoms with Gasteiger partial charge in [-0.15, -0.1) is 0 Å². The number of aryl methyl sites for hydroxylation is 3. The summed E-state index contributed by atoms with van der Waals surface area (Å²) < 4.78 is 1.55. The lowest BCUT2D eigenvalue weighted by Gasteiger charge is -2.13. The number of aromatic hydroxyl groups is 1. The van der Waals surface area contributed by atoms with Gasteiger partial charge in [-0.3, -0.25) is 9.36 Å². The van der Waals surface area contributed by atoms with Crippen LogP contribution in [0.4, 0.5) is 5.69 Å². The van der Waals surface area contributed by atoms with E-state index in [0.717, 1.165) is 11.1 Å². The van der Waals surface area contributed by atoms with E-state index >= 15 is 0 Å². The molecule has 3 rings (SSSR count). The third kappa shape index (κ3) is 2.11. The minimum Gasteiger partial charge on any atom is -0.507 e. The van der Waals surface area contributed by atoms with Crippen molar-refractivity contribution in [3.05, 3.63) is 57.6 Å². The first-order valence-corrected chi connectivity index (χ1v) is 6.98. The summed E-state index contributed by atoms with van der Waals surface area (Å²) in [5, 5.41) is 10.4. The van der Waals surface area contributed by atoms with Gasteiger partial charge in [-0.2, -0.15) is 0 Å². The summed E-state index contributed by atoms with van der Waals surface area (Å²) in [5.41, 5.74) is 8.91. The molecule has 0 radical (unpaired) electrons. The van der Waals surface area contributed by atoms with E-state index in [1.54, 1.807) is 55.7 Å². The molecule has 3 aromatic rings. The van der Waals surface area contributed by atoms with Crippen LogP contribution in [0.2, 0.25) is 0 Å². The number of aromatic nitrogens is 2. The Morgan fingerprint density at radius 3 is 2.36 bits per heavy atom. The van der Waals surface area contributed by atoms with Gasteiger partial charge in [-0.1, -0.05) is 0 Å². The maximum atomic E-state index is 12.8. The van der Waals surface area contributed by atoms with E-state index in [4.69, 9.17) is 5.73 Å². The van der Waals surface area contributed by atoms with Crippen molar-refractivity contribution in [1.82, 2.24) is 9.55 Å². The van der Waals surface area contributed by atoms with E-state index in [0.29, 0.717) is 28.1 Å². The Hall–Kier alpha value is -2.82. The molecule has 0 bridgehead atoms. The van der Waals surface area contributed by atoms with E-state index in [1.165, 1.54) is 0 Å². The van der Waals surface area contributed by atoms with E-state index in [9.17, 15) is 9.90 Å². The molecule has 1 aromatic heterocycles. The SMILES string of the molecule is Cc1cc(-n2c(C)nc3cc(N)ccc3c2=O)cc(C)c1O. The molecule has 0 aliphatic rings. The van der Waals surface area contributed by atoms with Crippen molar-refractivity contribution in [2.45, 2.75) is 20.8 Å². The largest absolute Gasteiger partial charge is 0.507 e. The lowest BCUT2D eigenvalue weighted by atomic mass is 10.1. The average molecular weight is 295 g/mol. The number of nitrogens with zero attached hydrogens (tertiary/aromatic N) is 2. The van der Waals surface area contributed by atoms with E-state index in [-0.39, 0.29) is 11.3 Å². The molecule has 22 heavy (non-hydrogen) atoms. The van der Waals surface area contributed by atoms with Gasteiger partial charge in [0.05, 0.1) is 16.6 Å². The van der Waals surface area contributed by atoms with Gasteiger partial charge in [-0.25, -0.2) is 4.98 Å². The average Bonchev–Trinajstić information content (AvgIpc) is 2.44. The third-order valence-electron chi connectivity index (χ3n) is 3.80. The second kappa shape index (κ2) is 4.87. The topological polar surface area (TPSA) is 81.1 Å². The second-order valence-electron chi connectivity index (χ2n) is 5.50. The summed E-state index contributed by atoms with van der Waals surface area (Å²) in [5.74, 6) is 0.823. The van der Waals surface area contributed by atoms with Gasteiger partial charge in [-0.05, 0) is 62.2 Å². The van der Waals surface area contributed by atoms with Gasteiger partial charge in [0.1, 0.15) is 11.6 Å². The van der Waals surface area contributed by atoms with Crippen molar-refractivity contribution in [2.75, 3.05) is 5.73 Å². The zero-order valence-corrected chi connectivity index (χ0v) is 12.7. The van der Waals surface area contributed by atoms with Crippen LogP contribution in [0.25, 0.3) is 16.6 Å². The molecule has 0 saturated carbocycles. The minimum absolute atomic E-state index is 0.146. The Bertz CT molecular complexity index is 935. The van der Waals surface area contributed by atoms with Crippen molar-refractivity contribution in [1.29, 1.82) is 0 Å². The molecule has 0 amide bonds. The first kappa shape index (κ1) is 14.1. The van der Waals surface area contributed by atoms with Crippen molar-refractivity contribution < 1.29 is 5.11 Å². The highest BCUT2D eigenvalue weighted by molar-refractivity contribution is 5.81. The predicted octanol–water partition coefficient (Wildman–Crippen LogP) is 2.60. The highest BCUT2D eigenvalue weighted by Gasteiger charge is 2.12. The number of anilines is 1. The van der Waals surface area contributed by atoms with E-state index in [2.05, 4.69) is 4.98 Å². The van der Waals surface area contributed by atoms with Gasteiger partial charge in [0.2, 0.25) is 0 Å². The molecular formula is C17H17N3O2. The molecule has 0 unspecified atom stereocenters. The molecule has 0 aliphatic heterocycles. The third-order valence-corrected chi connectivity index (χ3v) is 3.80. The van der Waals surface area contributed by atoms with Crippen LogP contribution in [0.5, 0.6) is 5.75 Å². The van der Waals surface area contributed by atoms with Crippen molar-refractivity contribution in [3.63, 3.8) is 0 Å². The molecule has 0 fully saturated rings. The predicted molar refractivity (Wildman–Crippen MR) is 87.6 cm³/mol. The monoisotopic (exact) mass is 295 g/mol. The molecule has 3 N–H and O–H groups in total. The summed E-state index contributed by atoms with van der Waals surface area (Å²) >= 11 is 0. The van der Waals surface area contributed by atoms with Crippen LogP contribution < -0.4 is 11.3 Å². The molecule has 2 aromatic carbocycles. The lowest BCUT2D eigenvalue weighted by molar-refractivity contribution is 0.466. The standard InChI is InChI=1S/C17H17N3O2/c1-9-6-13(7-10(2)16(9)21)20-11(3)19-15-8-12(18)4-5-14(15)17(20)22/h4-8,21H,18H2,1-3H3. The Morgan fingerprint density at radius 2 is 1.73 bits per heavy atom. The van der Waals surface area contributed by atoms with Gasteiger partial charge < -0.3 is 10.8 Å². The Kier molecular flexibility index (Phi) is 3.13. The fourth-order valence-electron chi connectivity index (χ4n) is 2.68. The molecule has 5 heteroatoms. The first-order valence-electron chi connectivity index (χ1n) is 6.98. The van der Waals surface area contributed by atoms with Crippen LogP contribution in [0.15, 0.2) is 35.1 Å². The van der Waals surface area contributed by atoms with Crippen LogP contribution in [-0.2, 0) is 0 Å². The molecular weight excluding hydrogens is 278 g/mol. The molecule has 1 heterocycles. The van der Waals surface area contributed by atoms with Crippen LogP contribution in [0, 0.1) is 20.8 Å². The lowest BCUT2D eigenvalue weighted by Crippen LogP contribution is -2.22. The summed E-state index contributed by atoms with van der Waals surface area (Å²) in [4.78, 5) is 17.3. The number of nitrogens with two attached hydrogens (primary N) is 1. The van der Waals surface area contributed by atoms with Crippen LogP contribution >= 0.6 is 0 Å². The summed E-state index contributed by atoms with van der Waals surface area (Å²) in [6.07, 6.45) is 0. The van der Waals surface area contributed by atoms with Gasteiger partial charge in [0.15, 0.2) is 0 Å². The Balaban J connectivity index is 2.37. The van der Waals surface area contributed by atoms with Gasteiger partial charge >= 0.3 is 0 Å². The van der Waals surface area contributed by atoms with Crippen molar-refractivity contribution in [3.8, 4) is 11.4 Å². The van der Waals surface area contributed by atoms with Crippen LogP contribution in [0.1, 0.15) is 17.0 Å². The molecule has 0 aliphatic carbocycles. The first-order chi connectivity index (χ1) is 10.4. The molecule has 5 nitrogen and oxygen atoms in total. The number of hydrogen-bond acceptors (Lipinski definition) is 4. The number of phenols is 1. The summed E-state index contributed by atoms with van der Waals surface area (Å²) in [6, 6.07) is 8.64. The molecule has 0 spiro atoms. The number of rotatable bonds is 1. The number of fused-ring (bicyclic) bond motifs is 1. The fourth-order valence-corrected chi connectivity index (χ4v) is 2.68. The minimum atomic E-state index is -0.146. The van der Waals surface area contributed by atoms with Crippen LogP contribution in [-0.4, -0.2) is 14.7 Å². The highest BCUT2D eigenvalue weighted by atomic mass is 16.3. The quantitative estimate of drug-likeness (QED) is 0.676. The Morgan fingerprint density at radius 1 is 1.09 bits per heavy atom. The smallest absolute Gasteiger partial charge is 0.265 e. The molecule has 112 valence electrons. The Labute approximate surface area is 127 Å². The van der Waals surface area contributed by atoms with Gasteiger partial charge in [0.25, 0.3) is 5.56 Å². The van der Waals surface area contributed by atoms with E-state index in [1.807, 2.05) is 0 Å². The molecule has 0 saturated heterocycles. The van der Waals surface area contributed by atoms with E-state index < -0.39 is 0 Å². The zero-order chi connectivity index (χ0) is 16.0. The maximum absolute atomic E-state index is 12.8. The summed E-state index contributed by atoms with van der Waals surface area (Å²) in [6.45, 7) is 5.39. The number of hydrogen-bond donors (Lipinski definition) is 2. The fraction of sp³-hybridized carbons (Fsp3) is 0.176. The zero-order valence-electron chi connectivity index (χ0n) is 12.7. The maximum Gasteiger partial charge on any atom is 0.265 e. The van der Waals surface area contributed by atoms with Gasteiger partial charge in [0, 0.05) is 5.69 Å². The second-order valence-corrected chi connectivity index (χ2v) is 5.50. The van der Waals surface area contributed by atoms with Crippen molar-refractivity contribution in [2.24, 2.45) is 0 Å². The highest BCUT2D eigenvalue weighted by Crippen LogP contribution is 2.25. The van der Waals surface area contributed by atoms with Crippen molar-refractivity contribution >= 4 is 16.6 Å². The normalized spacial score (nSPS) is 11.0. The molecule has 0 atom stereocenters. The summed E-state index contributed by atoms with van der Waals surface area (Å²) in [7, 11) is 0.